The van der Waals surface area contributed by atoms with Gasteiger partial charge in [-0.2, -0.15) is 0 Å². The van der Waals surface area contributed by atoms with Gasteiger partial charge in [0.1, 0.15) is 17.8 Å². The molecule has 0 saturated carbocycles. The molecule has 9 heteroatoms. The molecule has 9 nitrogen and oxygen atoms in total. The van der Waals surface area contributed by atoms with E-state index in [-0.39, 0.29) is 18.9 Å². The van der Waals surface area contributed by atoms with E-state index in [2.05, 4.69) is 16.0 Å². The molecule has 0 fully saturated rings. The summed E-state index contributed by atoms with van der Waals surface area (Å²) in [6.45, 7) is 2.62. The molecule has 1 aromatic rings. The summed E-state index contributed by atoms with van der Waals surface area (Å²) in [4.78, 5) is 46.4. The molecule has 148 valence electrons. The Labute approximate surface area is 157 Å². The molecular formula is C18H25N3O6. The highest BCUT2D eigenvalue weighted by atomic mass is 16.5. The van der Waals surface area contributed by atoms with E-state index in [0.717, 1.165) is 0 Å². The first-order chi connectivity index (χ1) is 12.8. The number of benzene rings is 1. The molecule has 0 heterocycles. The normalized spacial score (nSPS) is 12.4. The maximum atomic E-state index is 12.0. The Morgan fingerprint density at radius 1 is 1.07 bits per heavy atom. The minimum atomic E-state index is -1.19. The highest BCUT2D eigenvalue weighted by Gasteiger charge is 2.22. The summed E-state index contributed by atoms with van der Waals surface area (Å²) >= 11 is 0. The zero-order valence-corrected chi connectivity index (χ0v) is 15.6. The number of amides is 3. The van der Waals surface area contributed by atoms with Crippen LogP contribution < -0.4 is 20.7 Å². The van der Waals surface area contributed by atoms with Crippen LogP contribution in [-0.4, -0.2) is 54.5 Å². The van der Waals surface area contributed by atoms with Crippen LogP contribution in [0.2, 0.25) is 0 Å². The first-order valence-corrected chi connectivity index (χ1v) is 8.46. The first-order valence-electron chi connectivity index (χ1n) is 8.46. The Morgan fingerprint density at radius 2 is 1.70 bits per heavy atom. The van der Waals surface area contributed by atoms with Gasteiger partial charge in [0.05, 0.1) is 13.7 Å². The second kappa shape index (κ2) is 10.8. The van der Waals surface area contributed by atoms with Crippen molar-refractivity contribution in [2.45, 2.75) is 38.8 Å². The van der Waals surface area contributed by atoms with Crippen LogP contribution in [0.4, 0.5) is 0 Å². The lowest BCUT2D eigenvalue weighted by Gasteiger charge is -2.17. The molecule has 1 aromatic carbocycles. The second-order valence-corrected chi connectivity index (χ2v) is 5.89. The fourth-order valence-corrected chi connectivity index (χ4v) is 2.33. The molecule has 1 rings (SSSR count). The maximum absolute atomic E-state index is 12.0. The number of aliphatic carboxylic acids is 1. The predicted molar refractivity (Wildman–Crippen MR) is 97.2 cm³/mol. The van der Waals surface area contributed by atoms with E-state index in [1.165, 1.54) is 14.0 Å². The average molecular weight is 379 g/mol. The lowest BCUT2D eigenvalue weighted by Crippen LogP contribution is -2.50. The number of ether oxygens (including phenoxy) is 1. The number of carboxylic acid groups (broad SMARTS) is 1. The van der Waals surface area contributed by atoms with E-state index in [1.807, 2.05) is 0 Å². The lowest BCUT2D eigenvalue weighted by atomic mass is 10.1. The van der Waals surface area contributed by atoms with Crippen molar-refractivity contribution in [2.75, 3.05) is 13.7 Å². The van der Waals surface area contributed by atoms with Gasteiger partial charge in [-0.3, -0.25) is 14.4 Å². The Hall–Kier alpha value is -3.10. The van der Waals surface area contributed by atoms with Crippen molar-refractivity contribution in [3.05, 3.63) is 29.8 Å². The summed E-state index contributed by atoms with van der Waals surface area (Å²) in [5, 5.41) is 16.5. The van der Waals surface area contributed by atoms with Crippen molar-refractivity contribution in [1.29, 1.82) is 0 Å². The van der Waals surface area contributed by atoms with Crippen molar-refractivity contribution in [1.82, 2.24) is 16.0 Å². The van der Waals surface area contributed by atoms with Crippen LogP contribution in [0, 0.1) is 0 Å². The fraction of sp³-hybridized carbons (Fsp3) is 0.444. The van der Waals surface area contributed by atoms with E-state index < -0.39 is 29.9 Å². The van der Waals surface area contributed by atoms with Crippen molar-refractivity contribution in [3.63, 3.8) is 0 Å². The van der Waals surface area contributed by atoms with Gasteiger partial charge in [0.25, 0.3) is 0 Å². The molecule has 0 radical (unpaired) electrons. The van der Waals surface area contributed by atoms with Gasteiger partial charge >= 0.3 is 5.97 Å². The third-order valence-electron chi connectivity index (χ3n) is 3.76. The summed E-state index contributed by atoms with van der Waals surface area (Å²) in [7, 11) is 1.53. The summed E-state index contributed by atoms with van der Waals surface area (Å²) in [5.74, 6) is -2.05. The minimum absolute atomic E-state index is 0.0858. The Morgan fingerprint density at radius 3 is 2.19 bits per heavy atom. The number of nitrogens with one attached hydrogen (secondary N) is 3. The molecule has 4 N–H and O–H groups in total. The molecule has 0 aliphatic heterocycles. The highest BCUT2D eigenvalue weighted by molar-refractivity contribution is 5.91. The standard InChI is InChI=1S/C18H25N3O6/c1-4-14(20-11(2)22)17(24)19-10-16(23)21-15(18(25)26)9-12-5-7-13(27-3)8-6-12/h5-8,14-15H,4,9-10H2,1-3H3,(H,19,24)(H,20,22)(H,21,23)(H,25,26). The fourth-order valence-electron chi connectivity index (χ4n) is 2.33. The van der Waals surface area contributed by atoms with Gasteiger partial charge in [-0.25, -0.2) is 4.79 Å². The number of rotatable bonds is 10. The van der Waals surface area contributed by atoms with E-state index in [4.69, 9.17) is 4.74 Å². The quantitative estimate of drug-likeness (QED) is 0.446. The van der Waals surface area contributed by atoms with Gasteiger partial charge in [0, 0.05) is 13.3 Å². The van der Waals surface area contributed by atoms with Crippen LogP contribution in [0.25, 0.3) is 0 Å². The van der Waals surface area contributed by atoms with E-state index >= 15 is 0 Å². The SMILES string of the molecule is CCC(NC(C)=O)C(=O)NCC(=O)NC(Cc1ccc(OC)cc1)C(=O)O. The Bertz CT molecular complexity index is 674. The number of hydrogen-bond donors (Lipinski definition) is 4. The molecular weight excluding hydrogens is 354 g/mol. The topological polar surface area (TPSA) is 134 Å². The van der Waals surface area contributed by atoms with Crippen molar-refractivity contribution in [2.24, 2.45) is 0 Å². The van der Waals surface area contributed by atoms with Crippen LogP contribution in [0.15, 0.2) is 24.3 Å². The molecule has 2 unspecified atom stereocenters. The summed E-state index contributed by atoms with van der Waals surface area (Å²) < 4.78 is 5.04. The number of carbonyl (C=O) groups excluding carboxylic acids is 3. The molecule has 0 saturated heterocycles. The smallest absolute Gasteiger partial charge is 0.326 e. The maximum Gasteiger partial charge on any atom is 0.326 e. The third-order valence-corrected chi connectivity index (χ3v) is 3.76. The highest BCUT2D eigenvalue weighted by Crippen LogP contribution is 2.12. The predicted octanol–water partition coefficient (Wildman–Crippen LogP) is -0.162. The van der Waals surface area contributed by atoms with Gasteiger partial charge < -0.3 is 25.8 Å². The molecule has 0 aliphatic carbocycles. The molecule has 27 heavy (non-hydrogen) atoms. The van der Waals surface area contributed by atoms with Crippen molar-refractivity contribution >= 4 is 23.7 Å². The monoisotopic (exact) mass is 379 g/mol. The van der Waals surface area contributed by atoms with E-state index in [9.17, 15) is 24.3 Å². The molecule has 0 spiro atoms. The molecule has 2 atom stereocenters. The lowest BCUT2D eigenvalue weighted by molar-refractivity contribution is -0.141. The minimum Gasteiger partial charge on any atom is -0.497 e. The van der Waals surface area contributed by atoms with E-state index in [1.54, 1.807) is 31.2 Å². The van der Waals surface area contributed by atoms with Crippen molar-refractivity contribution < 1.29 is 29.0 Å². The van der Waals surface area contributed by atoms with Crippen LogP contribution in [0.1, 0.15) is 25.8 Å². The summed E-state index contributed by atoms with van der Waals surface area (Å²) in [5.41, 5.74) is 0.712. The third kappa shape index (κ3) is 7.76. The van der Waals surface area contributed by atoms with E-state index in [0.29, 0.717) is 17.7 Å². The van der Waals surface area contributed by atoms with Gasteiger partial charge in [0.2, 0.25) is 17.7 Å². The molecule has 0 aliphatic rings. The molecule has 0 aromatic heterocycles. The zero-order valence-electron chi connectivity index (χ0n) is 15.6. The van der Waals surface area contributed by atoms with Crippen LogP contribution >= 0.6 is 0 Å². The average Bonchev–Trinajstić information content (AvgIpc) is 2.63. The number of carbonyl (C=O) groups is 4. The number of methoxy groups -OCH3 is 1. The van der Waals surface area contributed by atoms with Gasteiger partial charge in [-0.05, 0) is 24.1 Å². The Kier molecular flexibility index (Phi) is 8.77. The molecule has 3 amide bonds. The largest absolute Gasteiger partial charge is 0.497 e. The van der Waals surface area contributed by atoms with Gasteiger partial charge in [0.15, 0.2) is 0 Å². The Balaban J connectivity index is 2.58. The number of hydrogen-bond acceptors (Lipinski definition) is 5. The first kappa shape index (κ1) is 21.9. The van der Waals surface area contributed by atoms with Crippen LogP contribution in [0.5, 0.6) is 5.75 Å². The van der Waals surface area contributed by atoms with Crippen molar-refractivity contribution in [3.8, 4) is 5.75 Å². The van der Waals surface area contributed by atoms with Gasteiger partial charge in [-0.15, -0.1) is 0 Å². The second-order valence-electron chi connectivity index (χ2n) is 5.89. The zero-order chi connectivity index (χ0) is 20.4. The molecule has 0 bridgehead atoms. The number of carboxylic acids is 1. The van der Waals surface area contributed by atoms with Gasteiger partial charge in [-0.1, -0.05) is 19.1 Å². The van der Waals surface area contributed by atoms with Crippen LogP contribution in [-0.2, 0) is 25.6 Å². The van der Waals surface area contributed by atoms with Crippen LogP contribution in [0.3, 0.4) is 0 Å². The summed E-state index contributed by atoms with van der Waals surface area (Å²) in [6, 6.07) is 4.93. The summed E-state index contributed by atoms with van der Waals surface area (Å²) in [6.07, 6.45) is 0.449.